The molecule has 0 saturated heterocycles. The molecule has 0 spiro atoms. The molecular weight excluding hydrogens is 250 g/mol. The molecule has 0 aliphatic rings. The van der Waals surface area contributed by atoms with Gasteiger partial charge in [-0.15, -0.1) is 0 Å². The van der Waals surface area contributed by atoms with Crippen LogP contribution in [0, 0.1) is 0 Å². The molecule has 0 bridgehead atoms. The van der Waals surface area contributed by atoms with Gasteiger partial charge in [-0.2, -0.15) is 0 Å². The van der Waals surface area contributed by atoms with Crippen LogP contribution in [0.4, 0.5) is 0 Å². The average molecular weight is 271 g/mol. The maximum atomic E-state index is 11.1. The van der Waals surface area contributed by atoms with E-state index < -0.39 is 5.60 Å². The Kier molecular flexibility index (Phi) is 4.40. The molecule has 1 heterocycles. The minimum absolute atomic E-state index is 0.0814. The average Bonchev–Trinajstić information content (AvgIpc) is 2.54. The molecule has 0 radical (unpaired) electrons. The molecule has 2 rings (SSSR count). The maximum Gasteiger partial charge on any atom is 0.118 e. The minimum atomic E-state index is -0.930. The molecular formula is C17H21NO2. The number of ether oxygens (including phenoxy) is 1. The molecule has 0 amide bonds. The maximum absolute atomic E-state index is 11.1. The highest BCUT2D eigenvalue weighted by atomic mass is 16.5. The molecule has 0 fully saturated rings. The second kappa shape index (κ2) is 6.06. The second-order valence-electron chi connectivity index (χ2n) is 4.98. The number of hydrogen-bond donors (Lipinski definition) is 1. The monoisotopic (exact) mass is 271 g/mol. The van der Waals surface area contributed by atoms with Gasteiger partial charge in [-0.3, -0.25) is 4.98 Å². The van der Waals surface area contributed by atoms with E-state index in [1.807, 2.05) is 56.3 Å². The van der Waals surface area contributed by atoms with Crippen molar-refractivity contribution in [3.05, 3.63) is 59.9 Å². The Morgan fingerprint density at radius 2 is 1.90 bits per heavy atom. The van der Waals surface area contributed by atoms with Crippen molar-refractivity contribution in [2.24, 2.45) is 0 Å². The summed E-state index contributed by atoms with van der Waals surface area (Å²) in [6, 6.07) is 13.4. The van der Waals surface area contributed by atoms with Crippen molar-refractivity contribution in [2.75, 3.05) is 7.11 Å². The number of pyridine rings is 1. The lowest BCUT2D eigenvalue weighted by Crippen LogP contribution is -2.31. The first-order valence-corrected chi connectivity index (χ1v) is 6.89. The first-order chi connectivity index (χ1) is 9.61. The Balaban J connectivity index is 2.36. The topological polar surface area (TPSA) is 42.4 Å². The summed E-state index contributed by atoms with van der Waals surface area (Å²) in [6.45, 7) is 4.00. The Morgan fingerprint density at radius 3 is 2.40 bits per heavy atom. The zero-order valence-electron chi connectivity index (χ0n) is 12.2. The summed E-state index contributed by atoms with van der Waals surface area (Å²) in [5, 5.41) is 11.1. The fourth-order valence-corrected chi connectivity index (χ4v) is 2.52. The lowest BCUT2D eigenvalue weighted by atomic mass is 9.78. The molecule has 2 atom stereocenters. The molecule has 0 unspecified atom stereocenters. The van der Waals surface area contributed by atoms with Crippen LogP contribution in [0.3, 0.4) is 0 Å². The molecule has 2 aromatic rings. The quantitative estimate of drug-likeness (QED) is 0.905. The number of benzene rings is 1. The van der Waals surface area contributed by atoms with E-state index in [1.54, 1.807) is 13.3 Å². The van der Waals surface area contributed by atoms with Crippen molar-refractivity contribution >= 4 is 0 Å². The molecule has 0 aliphatic heterocycles. The zero-order chi connectivity index (χ0) is 14.6. The van der Waals surface area contributed by atoms with Crippen molar-refractivity contribution in [1.82, 2.24) is 4.98 Å². The molecule has 106 valence electrons. The lowest BCUT2D eigenvalue weighted by molar-refractivity contribution is 0.00723. The third kappa shape index (κ3) is 2.68. The van der Waals surface area contributed by atoms with Crippen molar-refractivity contribution in [1.29, 1.82) is 0 Å². The zero-order valence-corrected chi connectivity index (χ0v) is 12.2. The van der Waals surface area contributed by atoms with E-state index in [9.17, 15) is 5.11 Å². The molecule has 1 N–H and O–H groups in total. The number of methoxy groups -OCH3 is 1. The van der Waals surface area contributed by atoms with Gasteiger partial charge in [0.2, 0.25) is 0 Å². The van der Waals surface area contributed by atoms with Crippen molar-refractivity contribution in [3.63, 3.8) is 0 Å². The van der Waals surface area contributed by atoms with Crippen LogP contribution in [0.15, 0.2) is 48.7 Å². The third-order valence-corrected chi connectivity index (χ3v) is 3.98. The summed E-state index contributed by atoms with van der Waals surface area (Å²) >= 11 is 0. The van der Waals surface area contributed by atoms with Gasteiger partial charge in [0.15, 0.2) is 0 Å². The third-order valence-electron chi connectivity index (χ3n) is 3.98. The highest BCUT2D eigenvalue weighted by Gasteiger charge is 2.35. The summed E-state index contributed by atoms with van der Waals surface area (Å²) in [5.74, 6) is 0.708. The summed E-state index contributed by atoms with van der Waals surface area (Å²) in [6.07, 6.45) is 2.38. The largest absolute Gasteiger partial charge is 0.497 e. The van der Waals surface area contributed by atoms with Gasteiger partial charge in [0, 0.05) is 17.8 Å². The molecule has 1 aromatic heterocycles. The van der Waals surface area contributed by atoms with Crippen LogP contribution in [0.1, 0.15) is 37.4 Å². The first kappa shape index (κ1) is 14.5. The van der Waals surface area contributed by atoms with Gasteiger partial charge in [-0.25, -0.2) is 0 Å². The Morgan fingerprint density at radius 1 is 1.20 bits per heavy atom. The molecule has 3 nitrogen and oxygen atoms in total. The van der Waals surface area contributed by atoms with Crippen LogP contribution in [0.25, 0.3) is 0 Å². The lowest BCUT2D eigenvalue weighted by Gasteiger charge is -2.33. The fraction of sp³-hybridized carbons (Fsp3) is 0.353. The van der Waals surface area contributed by atoms with E-state index in [0.29, 0.717) is 6.42 Å². The van der Waals surface area contributed by atoms with Crippen molar-refractivity contribution < 1.29 is 9.84 Å². The van der Waals surface area contributed by atoms with Gasteiger partial charge in [-0.1, -0.05) is 32.0 Å². The minimum Gasteiger partial charge on any atom is -0.497 e. The van der Waals surface area contributed by atoms with Crippen molar-refractivity contribution in [2.45, 2.75) is 31.8 Å². The van der Waals surface area contributed by atoms with Gasteiger partial charge in [0.25, 0.3) is 0 Å². The van der Waals surface area contributed by atoms with Crippen LogP contribution in [-0.4, -0.2) is 17.2 Å². The summed E-state index contributed by atoms with van der Waals surface area (Å²) in [5.41, 5.74) is 0.854. The number of aliphatic hydroxyl groups is 1. The van der Waals surface area contributed by atoms with E-state index in [0.717, 1.165) is 17.0 Å². The van der Waals surface area contributed by atoms with E-state index in [2.05, 4.69) is 4.98 Å². The highest BCUT2D eigenvalue weighted by Crippen LogP contribution is 2.39. The van der Waals surface area contributed by atoms with Crippen LogP contribution >= 0.6 is 0 Å². The number of rotatable bonds is 5. The predicted octanol–water partition coefficient (Wildman–Crippen LogP) is 3.49. The van der Waals surface area contributed by atoms with Crippen LogP contribution in [0.2, 0.25) is 0 Å². The second-order valence-corrected chi connectivity index (χ2v) is 4.98. The van der Waals surface area contributed by atoms with E-state index in [4.69, 9.17) is 4.74 Å². The number of nitrogens with zero attached hydrogens (tertiary/aromatic N) is 1. The molecule has 3 heteroatoms. The van der Waals surface area contributed by atoms with Gasteiger partial charge in [0.1, 0.15) is 5.75 Å². The van der Waals surface area contributed by atoms with E-state index in [1.165, 1.54) is 0 Å². The molecule has 0 saturated carbocycles. The standard InChI is InChI=1S/C17H21NO2/c1-4-17(19,13(2)16-7-5-6-12-18-16)14-8-10-15(20-3)11-9-14/h5-13,19H,4H2,1-3H3/t13-,17+/m0/s1. The van der Waals surface area contributed by atoms with Crippen molar-refractivity contribution in [3.8, 4) is 5.75 Å². The molecule has 1 aromatic carbocycles. The van der Waals surface area contributed by atoms with Gasteiger partial charge >= 0.3 is 0 Å². The smallest absolute Gasteiger partial charge is 0.118 e. The van der Waals surface area contributed by atoms with Crippen LogP contribution in [0.5, 0.6) is 5.75 Å². The number of aromatic nitrogens is 1. The Bertz CT molecular complexity index is 539. The SMILES string of the molecule is CC[C@](O)(c1ccc(OC)cc1)[C@@H](C)c1ccccn1. The molecule has 20 heavy (non-hydrogen) atoms. The summed E-state index contributed by atoms with van der Waals surface area (Å²) in [7, 11) is 1.64. The molecule has 0 aliphatic carbocycles. The fourth-order valence-electron chi connectivity index (χ4n) is 2.52. The Labute approximate surface area is 120 Å². The van der Waals surface area contributed by atoms with E-state index in [-0.39, 0.29) is 5.92 Å². The number of hydrogen-bond acceptors (Lipinski definition) is 3. The summed E-state index contributed by atoms with van der Waals surface area (Å²) < 4.78 is 5.17. The normalized spacial score (nSPS) is 15.4. The first-order valence-electron chi connectivity index (χ1n) is 6.89. The summed E-state index contributed by atoms with van der Waals surface area (Å²) in [4.78, 5) is 4.37. The van der Waals surface area contributed by atoms with E-state index >= 15 is 0 Å². The van der Waals surface area contributed by atoms with Gasteiger partial charge in [-0.05, 0) is 36.2 Å². The predicted molar refractivity (Wildman–Crippen MR) is 79.8 cm³/mol. The van der Waals surface area contributed by atoms with Gasteiger partial charge in [0.05, 0.1) is 12.7 Å². The Hall–Kier alpha value is -1.87. The highest BCUT2D eigenvalue weighted by molar-refractivity contribution is 5.33. The van der Waals surface area contributed by atoms with Crippen LogP contribution in [-0.2, 0) is 5.60 Å². The van der Waals surface area contributed by atoms with Crippen LogP contribution < -0.4 is 4.74 Å². The van der Waals surface area contributed by atoms with Gasteiger partial charge < -0.3 is 9.84 Å².